The van der Waals surface area contributed by atoms with Gasteiger partial charge in [-0.2, -0.15) is 13.2 Å². The molecule has 0 unspecified atom stereocenters. The van der Waals surface area contributed by atoms with Crippen LogP contribution < -0.4 is 15.6 Å². The lowest BCUT2D eigenvalue weighted by Crippen LogP contribution is -2.47. The van der Waals surface area contributed by atoms with Crippen molar-refractivity contribution >= 4 is 23.6 Å². The van der Waals surface area contributed by atoms with Crippen LogP contribution in [0.4, 0.5) is 17.6 Å². The molecule has 0 bridgehead atoms. The first-order valence-electron chi connectivity index (χ1n) is 7.53. The molecule has 2 amide bonds. The molecule has 1 atom stereocenters. The summed E-state index contributed by atoms with van der Waals surface area (Å²) in [6.07, 6.45) is -1.10. The van der Waals surface area contributed by atoms with Crippen molar-refractivity contribution in [3.8, 4) is 5.75 Å². The van der Waals surface area contributed by atoms with Gasteiger partial charge in [0.05, 0.1) is 0 Å². The van der Waals surface area contributed by atoms with Crippen LogP contribution in [0.15, 0.2) is 53.4 Å². The van der Waals surface area contributed by atoms with Crippen LogP contribution in [0.25, 0.3) is 0 Å². The molecule has 2 aromatic rings. The molecule has 2 N–H and O–H groups in total. The molecule has 0 fully saturated rings. The number of ether oxygens (including phenoxy) is 1. The zero-order valence-corrected chi connectivity index (χ0v) is 14.7. The molecule has 0 aromatic heterocycles. The number of carbonyl (C=O) groups is 2. The molecule has 0 saturated heterocycles. The fraction of sp³-hybridized carbons (Fsp3) is 0.176. The molecule has 0 aliphatic carbocycles. The molecule has 0 radical (unpaired) electrons. The summed E-state index contributed by atoms with van der Waals surface area (Å²) in [6, 6.07) is 10.2. The monoisotopic (exact) mass is 402 g/mol. The van der Waals surface area contributed by atoms with Crippen LogP contribution in [0, 0.1) is 5.82 Å². The van der Waals surface area contributed by atoms with Gasteiger partial charge in [0.1, 0.15) is 0 Å². The quantitative estimate of drug-likeness (QED) is 0.455. The average molecular weight is 402 g/mol. The van der Waals surface area contributed by atoms with Crippen molar-refractivity contribution in [1.82, 2.24) is 10.9 Å². The van der Waals surface area contributed by atoms with Crippen molar-refractivity contribution in [1.29, 1.82) is 0 Å². The topological polar surface area (TPSA) is 67.4 Å². The van der Waals surface area contributed by atoms with Gasteiger partial charge >= 0.3 is 5.51 Å². The molecule has 5 nitrogen and oxygen atoms in total. The molecule has 27 heavy (non-hydrogen) atoms. The first-order chi connectivity index (χ1) is 12.7. The third-order valence-electron chi connectivity index (χ3n) is 3.16. The summed E-state index contributed by atoms with van der Waals surface area (Å²) in [7, 11) is 0. The second kappa shape index (κ2) is 8.76. The van der Waals surface area contributed by atoms with Crippen molar-refractivity contribution in [2.75, 3.05) is 0 Å². The minimum atomic E-state index is -4.42. The lowest BCUT2D eigenvalue weighted by atomic mass is 10.2. The summed E-state index contributed by atoms with van der Waals surface area (Å²) in [4.78, 5) is 23.8. The van der Waals surface area contributed by atoms with Crippen LogP contribution in [-0.4, -0.2) is 23.4 Å². The Morgan fingerprint density at radius 2 is 1.67 bits per heavy atom. The zero-order valence-electron chi connectivity index (χ0n) is 13.8. The van der Waals surface area contributed by atoms with E-state index in [2.05, 4.69) is 10.9 Å². The van der Waals surface area contributed by atoms with E-state index in [1.165, 1.54) is 43.3 Å². The second-order valence-corrected chi connectivity index (χ2v) is 6.34. The minimum Gasteiger partial charge on any atom is -0.478 e. The van der Waals surface area contributed by atoms with E-state index in [4.69, 9.17) is 4.74 Å². The van der Waals surface area contributed by atoms with Crippen LogP contribution in [0.1, 0.15) is 17.3 Å². The van der Waals surface area contributed by atoms with Gasteiger partial charge in [0.25, 0.3) is 11.8 Å². The maximum Gasteiger partial charge on any atom is 0.446 e. The van der Waals surface area contributed by atoms with Crippen LogP contribution >= 0.6 is 11.8 Å². The summed E-state index contributed by atoms with van der Waals surface area (Å²) in [6.45, 7) is 1.36. The van der Waals surface area contributed by atoms with Gasteiger partial charge in [0, 0.05) is 10.5 Å². The molecule has 0 heterocycles. The first kappa shape index (κ1) is 20.6. The number of alkyl halides is 3. The molecule has 2 aromatic carbocycles. The highest BCUT2D eigenvalue weighted by Gasteiger charge is 2.29. The van der Waals surface area contributed by atoms with Gasteiger partial charge in [0.2, 0.25) is 0 Å². The van der Waals surface area contributed by atoms with E-state index in [1.54, 1.807) is 0 Å². The van der Waals surface area contributed by atoms with Crippen molar-refractivity contribution in [2.24, 2.45) is 0 Å². The van der Waals surface area contributed by atoms with E-state index >= 15 is 0 Å². The lowest BCUT2D eigenvalue weighted by molar-refractivity contribution is -0.128. The summed E-state index contributed by atoms with van der Waals surface area (Å²) < 4.78 is 55.4. The van der Waals surface area contributed by atoms with Crippen LogP contribution in [0.3, 0.4) is 0 Å². The van der Waals surface area contributed by atoms with E-state index in [0.717, 1.165) is 12.1 Å². The number of halogens is 4. The molecule has 0 aliphatic rings. The number of para-hydroxylation sites is 1. The number of benzene rings is 2. The molecule has 0 aliphatic heterocycles. The Labute approximate surface area is 156 Å². The number of rotatable bonds is 5. The number of hydrazine groups is 1. The Kier molecular flexibility index (Phi) is 6.67. The minimum absolute atomic E-state index is 0.0458. The highest BCUT2D eigenvalue weighted by molar-refractivity contribution is 8.00. The van der Waals surface area contributed by atoms with Gasteiger partial charge in [-0.1, -0.05) is 12.1 Å². The SMILES string of the molecule is C[C@@H](Oc1ccccc1F)C(=O)NNC(=O)c1ccc(SC(F)(F)F)cc1. The fourth-order valence-corrected chi connectivity index (χ4v) is 2.42. The third kappa shape index (κ3) is 6.48. The van der Waals surface area contributed by atoms with E-state index in [1.807, 2.05) is 0 Å². The number of hydrogen-bond acceptors (Lipinski definition) is 4. The average Bonchev–Trinajstić information content (AvgIpc) is 2.60. The smallest absolute Gasteiger partial charge is 0.446 e. The van der Waals surface area contributed by atoms with Gasteiger partial charge < -0.3 is 4.74 Å². The second-order valence-electron chi connectivity index (χ2n) is 5.21. The normalized spacial score (nSPS) is 12.2. The number of amides is 2. The highest BCUT2D eigenvalue weighted by atomic mass is 32.2. The number of carbonyl (C=O) groups excluding carboxylic acids is 2. The Morgan fingerprint density at radius 1 is 1.04 bits per heavy atom. The van der Waals surface area contributed by atoms with E-state index in [9.17, 15) is 27.2 Å². The number of hydrogen-bond donors (Lipinski definition) is 2. The molecule has 0 spiro atoms. The van der Waals surface area contributed by atoms with Crippen LogP contribution in [0.2, 0.25) is 0 Å². The first-order valence-corrected chi connectivity index (χ1v) is 8.34. The molecular formula is C17H14F4N2O3S. The van der Waals surface area contributed by atoms with Gasteiger partial charge in [-0.05, 0) is 55.1 Å². The van der Waals surface area contributed by atoms with Crippen LogP contribution in [-0.2, 0) is 4.79 Å². The van der Waals surface area contributed by atoms with E-state index in [-0.39, 0.29) is 28.0 Å². The standard InChI is InChI=1S/C17H14F4N2O3S/c1-10(26-14-5-3-2-4-13(14)18)15(24)22-23-16(25)11-6-8-12(9-7-11)27-17(19,20)21/h2-10H,1H3,(H,22,24)(H,23,25)/t10-/m1/s1. The molecular weight excluding hydrogens is 388 g/mol. The Bertz CT molecular complexity index is 813. The Hall–Kier alpha value is -2.75. The predicted octanol–water partition coefficient (Wildman–Crippen LogP) is 3.67. The maximum atomic E-state index is 13.5. The van der Waals surface area contributed by atoms with E-state index in [0.29, 0.717) is 0 Å². The summed E-state index contributed by atoms with van der Waals surface area (Å²) in [5.41, 5.74) is -0.170. The Morgan fingerprint density at radius 3 is 2.26 bits per heavy atom. The molecule has 10 heteroatoms. The van der Waals surface area contributed by atoms with Gasteiger partial charge in [-0.3, -0.25) is 20.4 Å². The van der Waals surface area contributed by atoms with Crippen LogP contribution in [0.5, 0.6) is 5.75 Å². The third-order valence-corrected chi connectivity index (χ3v) is 3.90. The predicted molar refractivity (Wildman–Crippen MR) is 90.5 cm³/mol. The summed E-state index contributed by atoms with van der Waals surface area (Å²) >= 11 is -0.303. The van der Waals surface area contributed by atoms with E-state index < -0.39 is 29.2 Å². The molecule has 2 rings (SSSR count). The van der Waals surface area contributed by atoms with Gasteiger partial charge in [0.15, 0.2) is 17.7 Å². The fourth-order valence-electron chi connectivity index (χ4n) is 1.88. The van der Waals surface area contributed by atoms with Crippen molar-refractivity contribution in [2.45, 2.75) is 23.4 Å². The number of nitrogens with one attached hydrogen (secondary N) is 2. The maximum absolute atomic E-state index is 13.5. The van der Waals surface area contributed by atoms with Crippen molar-refractivity contribution in [3.05, 3.63) is 59.9 Å². The zero-order chi connectivity index (χ0) is 20.0. The molecule has 0 saturated carbocycles. The lowest BCUT2D eigenvalue weighted by Gasteiger charge is -2.15. The van der Waals surface area contributed by atoms with Crippen molar-refractivity contribution in [3.63, 3.8) is 0 Å². The molecule has 144 valence electrons. The van der Waals surface area contributed by atoms with Gasteiger partial charge in [-0.25, -0.2) is 4.39 Å². The highest BCUT2D eigenvalue weighted by Crippen LogP contribution is 2.36. The Balaban J connectivity index is 1.87. The van der Waals surface area contributed by atoms with Gasteiger partial charge in [-0.15, -0.1) is 0 Å². The summed E-state index contributed by atoms with van der Waals surface area (Å²) in [5, 5.41) is 0. The number of thioether (sulfide) groups is 1. The summed E-state index contributed by atoms with van der Waals surface area (Å²) in [5.74, 6) is -2.23. The van der Waals surface area contributed by atoms with Crippen molar-refractivity contribution < 1.29 is 31.9 Å². The largest absolute Gasteiger partial charge is 0.478 e.